The van der Waals surface area contributed by atoms with Crippen LogP contribution >= 0.6 is 0 Å². The molecule has 2 aromatic rings. The summed E-state index contributed by atoms with van der Waals surface area (Å²) in [6, 6.07) is 13.3. The molecule has 1 heterocycles. The van der Waals surface area contributed by atoms with Crippen LogP contribution in [-0.4, -0.2) is 67.0 Å². The number of aliphatic hydroxyl groups excluding tert-OH is 1. The zero-order chi connectivity index (χ0) is 24.0. The number of ether oxygens (including phenoxy) is 2. The van der Waals surface area contributed by atoms with Gasteiger partial charge >= 0.3 is 0 Å². The summed E-state index contributed by atoms with van der Waals surface area (Å²) in [5.74, 6) is -0.450. The van der Waals surface area contributed by atoms with Gasteiger partial charge in [0.2, 0.25) is 0 Å². The summed E-state index contributed by atoms with van der Waals surface area (Å²) < 4.78 is 10.8. The van der Waals surface area contributed by atoms with E-state index in [4.69, 9.17) is 9.47 Å². The van der Waals surface area contributed by atoms with Crippen LogP contribution in [0, 0.1) is 0 Å². The summed E-state index contributed by atoms with van der Waals surface area (Å²) in [5, 5.41) is 11.2. The van der Waals surface area contributed by atoms with Crippen molar-refractivity contribution < 1.29 is 24.2 Å². The number of methoxy groups -OCH3 is 2. The number of rotatable bonds is 10. The predicted octanol–water partition coefficient (Wildman–Crippen LogP) is 3.86. The molecule has 3 rings (SSSR count). The van der Waals surface area contributed by atoms with Crippen LogP contribution in [0.1, 0.15) is 37.4 Å². The number of likely N-dealkylation sites (tertiary alicyclic amines) is 1. The Kier molecular flexibility index (Phi) is 8.11. The van der Waals surface area contributed by atoms with E-state index in [0.29, 0.717) is 35.6 Å². The smallest absolute Gasteiger partial charge is 0.295 e. The third kappa shape index (κ3) is 5.03. The fourth-order valence-corrected chi connectivity index (χ4v) is 4.26. The van der Waals surface area contributed by atoms with Gasteiger partial charge in [0.05, 0.1) is 25.8 Å². The first kappa shape index (κ1) is 24.3. The number of carbonyl (C=O) groups is 2. The molecule has 1 amide bonds. The van der Waals surface area contributed by atoms with Crippen molar-refractivity contribution >= 4 is 17.4 Å². The standard InChI is InChI=1S/C26H32N2O5/c1-5-27(6-2)15-10-16-28-23(20-13-7-8-14-21(20)33-4)22(25(30)26(28)31)24(29)18-11-9-12-19(17-18)32-3/h7-9,11-14,17,23,29H,5-6,10,15-16H2,1-4H3/b24-22+/t23-/m1/s1. The molecule has 0 bridgehead atoms. The molecule has 33 heavy (non-hydrogen) atoms. The molecule has 176 valence electrons. The van der Waals surface area contributed by atoms with Gasteiger partial charge in [-0.15, -0.1) is 0 Å². The number of carbonyl (C=O) groups excluding carboxylic acids is 2. The Balaban J connectivity index is 2.09. The fourth-order valence-electron chi connectivity index (χ4n) is 4.26. The number of Topliss-reactive ketones (excluding diaryl/α,β-unsaturated/α-hetero) is 1. The average Bonchev–Trinajstić information content (AvgIpc) is 3.10. The van der Waals surface area contributed by atoms with Crippen LogP contribution in [0.4, 0.5) is 0 Å². The minimum Gasteiger partial charge on any atom is -0.507 e. The normalized spacial score (nSPS) is 17.6. The molecule has 1 aliphatic rings. The lowest BCUT2D eigenvalue weighted by atomic mass is 9.94. The number of para-hydroxylation sites is 1. The zero-order valence-corrected chi connectivity index (χ0v) is 19.7. The van der Waals surface area contributed by atoms with E-state index in [1.807, 2.05) is 18.2 Å². The predicted molar refractivity (Wildman–Crippen MR) is 127 cm³/mol. The van der Waals surface area contributed by atoms with Crippen LogP contribution in [0.15, 0.2) is 54.1 Å². The Morgan fingerprint density at radius 3 is 2.42 bits per heavy atom. The van der Waals surface area contributed by atoms with Crippen LogP contribution in [0.3, 0.4) is 0 Å². The Hall–Kier alpha value is -3.32. The number of ketones is 1. The molecular formula is C26H32N2O5. The Bertz CT molecular complexity index is 1030. The van der Waals surface area contributed by atoms with Crippen LogP contribution in [0.25, 0.3) is 5.76 Å². The van der Waals surface area contributed by atoms with Crippen molar-refractivity contribution in [3.8, 4) is 11.5 Å². The fraction of sp³-hybridized carbons (Fsp3) is 0.385. The number of aliphatic hydroxyl groups is 1. The molecule has 7 nitrogen and oxygen atoms in total. The van der Waals surface area contributed by atoms with Crippen molar-refractivity contribution in [2.45, 2.75) is 26.3 Å². The first-order chi connectivity index (χ1) is 16.0. The van der Waals surface area contributed by atoms with Crippen LogP contribution in [0.2, 0.25) is 0 Å². The quantitative estimate of drug-likeness (QED) is 0.335. The van der Waals surface area contributed by atoms with Crippen molar-refractivity contribution in [1.29, 1.82) is 0 Å². The molecule has 0 saturated carbocycles. The molecule has 0 radical (unpaired) electrons. The largest absolute Gasteiger partial charge is 0.507 e. The first-order valence-electron chi connectivity index (χ1n) is 11.2. The molecule has 1 saturated heterocycles. The molecule has 0 aliphatic carbocycles. The molecule has 1 fully saturated rings. The molecular weight excluding hydrogens is 420 g/mol. The zero-order valence-electron chi connectivity index (χ0n) is 19.7. The molecule has 0 unspecified atom stereocenters. The number of amides is 1. The van der Waals surface area contributed by atoms with Gasteiger partial charge in [0.15, 0.2) is 0 Å². The second-order valence-corrected chi connectivity index (χ2v) is 7.85. The lowest BCUT2D eigenvalue weighted by Crippen LogP contribution is -2.33. The van der Waals surface area contributed by atoms with E-state index in [2.05, 4.69) is 18.7 Å². The lowest BCUT2D eigenvalue weighted by Gasteiger charge is -2.27. The van der Waals surface area contributed by atoms with Gasteiger partial charge in [-0.2, -0.15) is 0 Å². The topological polar surface area (TPSA) is 79.3 Å². The van der Waals surface area contributed by atoms with Gasteiger partial charge in [-0.25, -0.2) is 0 Å². The highest BCUT2D eigenvalue weighted by Crippen LogP contribution is 2.42. The lowest BCUT2D eigenvalue weighted by molar-refractivity contribution is -0.140. The van der Waals surface area contributed by atoms with E-state index >= 15 is 0 Å². The maximum absolute atomic E-state index is 13.2. The summed E-state index contributed by atoms with van der Waals surface area (Å²) in [6.07, 6.45) is 0.708. The van der Waals surface area contributed by atoms with Crippen LogP contribution in [-0.2, 0) is 9.59 Å². The van der Waals surface area contributed by atoms with Gasteiger partial charge in [-0.05, 0) is 44.3 Å². The van der Waals surface area contributed by atoms with Crippen molar-refractivity contribution in [3.63, 3.8) is 0 Å². The van der Waals surface area contributed by atoms with Gasteiger partial charge in [0.1, 0.15) is 17.3 Å². The van der Waals surface area contributed by atoms with Gasteiger partial charge in [0.25, 0.3) is 11.7 Å². The van der Waals surface area contributed by atoms with E-state index < -0.39 is 17.7 Å². The van der Waals surface area contributed by atoms with E-state index in [9.17, 15) is 14.7 Å². The third-order valence-corrected chi connectivity index (χ3v) is 6.08. The van der Waals surface area contributed by atoms with E-state index in [-0.39, 0.29) is 11.3 Å². The Morgan fingerprint density at radius 2 is 1.76 bits per heavy atom. The number of benzene rings is 2. The molecule has 1 aliphatic heterocycles. The minimum atomic E-state index is -0.746. The van der Waals surface area contributed by atoms with Crippen LogP contribution < -0.4 is 9.47 Å². The molecule has 1 atom stereocenters. The first-order valence-corrected chi connectivity index (χ1v) is 11.2. The SMILES string of the molecule is CCN(CC)CCCN1C(=O)C(=O)/C(=C(/O)c2cccc(OC)c2)[C@H]1c1ccccc1OC. The number of hydrogen-bond acceptors (Lipinski definition) is 6. The Morgan fingerprint density at radius 1 is 1.03 bits per heavy atom. The average molecular weight is 453 g/mol. The summed E-state index contributed by atoms with van der Waals surface area (Å²) in [4.78, 5) is 30.1. The van der Waals surface area contributed by atoms with E-state index in [0.717, 1.165) is 19.6 Å². The monoisotopic (exact) mass is 452 g/mol. The number of nitrogens with zero attached hydrogens (tertiary/aromatic N) is 2. The second kappa shape index (κ2) is 11.0. The summed E-state index contributed by atoms with van der Waals surface area (Å²) in [7, 11) is 3.08. The van der Waals surface area contributed by atoms with Gasteiger partial charge in [-0.1, -0.05) is 44.2 Å². The van der Waals surface area contributed by atoms with Gasteiger partial charge in [-0.3, -0.25) is 9.59 Å². The van der Waals surface area contributed by atoms with Crippen molar-refractivity contribution in [1.82, 2.24) is 9.80 Å². The van der Waals surface area contributed by atoms with Crippen molar-refractivity contribution in [2.75, 3.05) is 40.4 Å². The van der Waals surface area contributed by atoms with Gasteiger partial charge in [0, 0.05) is 17.7 Å². The third-order valence-electron chi connectivity index (χ3n) is 6.08. The summed E-state index contributed by atoms with van der Waals surface area (Å²) in [6.45, 7) is 7.22. The summed E-state index contributed by atoms with van der Waals surface area (Å²) >= 11 is 0. The van der Waals surface area contributed by atoms with Gasteiger partial charge < -0.3 is 24.4 Å². The molecule has 7 heteroatoms. The Labute approximate surface area is 195 Å². The van der Waals surface area contributed by atoms with E-state index in [1.54, 1.807) is 42.3 Å². The summed E-state index contributed by atoms with van der Waals surface area (Å²) in [5.41, 5.74) is 1.13. The highest BCUT2D eigenvalue weighted by atomic mass is 16.5. The van der Waals surface area contributed by atoms with Crippen LogP contribution in [0.5, 0.6) is 11.5 Å². The maximum Gasteiger partial charge on any atom is 0.295 e. The van der Waals surface area contributed by atoms with E-state index in [1.165, 1.54) is 7.11 Å². The second-order valence-electron chi connectivity index (χ2n) is 7.85. The van der Waals surface area contributed by atoms with Crippen molar-refractivity contribution in [3.05, 3.63) is 65.2 Å². The van der Waals surface area contributed by atoms with Crippen molar-refractivity contribution in [2.24, 2.45) is 0 Å². The molecule has 0 spiro atoms. The molecule has 2 aromatic carbocycles. The minimum absolute atomic E-state index is 0.0561. The maximum atomic E-state index is 13.2. The molecule has 0 aromatic heterocycles. The number of hydrogen-bond donors (Lipinski definition) is 1. The molecule has 1 N–H and O–H groups in total. The highest BCUT2D eigenvalue weighted by Gasteiger charge is 2.46. The highest BCUT2D eigenvalue weighted by molar-refractivity contribution is 6.46.